The van der Waals surface area contributed by atoms with Gasteiger partial charge in [0.1, 0.15) is 5.82 Å². The van der Waals surface area contributed by atoms with Gasteiger partial charge in [-0.1, -0.05) is 6.07 Å². The van der Waals surface area contributed by atoms with E-state index in [1.165, 1.54) is 0 Å². The molecule has 1 saturated heterocycles. The fourth-order valence-electron chi connectivity index (χ4n) is 2.25. The van der Waals surface area contributed by atoms with E-state index in [1.807, 2.05) is 25.1 Å². The van der Waals surface area contributed by atoms with E-state index in [4.69, 9.17) is 0 Å². The second-order valence-corrected chi connectivity index (χ2v) is 4.60. The number of carbonyl (C=O) groups excluding carboxylic acids is 1. The molecule has 4 heteroatoms. The second kappa shape index (κ2) is 5.17. The van der Waals surface area contributed by atoms with Gasteiger partial charge in [-0.2, -0.15) is 0 Å². The van der Waals surface area contributed by atoms with E-state index in [2.05, 4.69) is 15.2 Å². The van der Waals surface area contributed by atoms with Gasteiger partial charge >= 0.3 is 0 Å². The first-order valence-corrected chi connectivity index (χ1v) is 6.11. The molecule has 2 heterocycles. The Morgan fingerprint density at radius 2 is 2.12 bits per heavy atom. The molecule has 0 aliphatic carbocycles. The van der Waals surface area contributed by atoms with Gasteiger partial charge in [0.2, 0.25) is 5.91 Å². The van der Waals surface area contributed by atoms with Crippen molar-refractivity contribution in [3.05, 3.63) is 23.9 Å². The fourth-order valence-corrected chi connectivity index (χ4v) is 2.25. The molecule has 1 aliphatic heterocycles. The van der Waals surface area contributed by atoms with Crippen LogP contribution in [0.25, 0.3) is 0 Å². The zero-order valence-electron chi connectivity index (χ0n) is 10.4. The van der Waals surface area contributed by atoms with Gasteiger partial charge in [0.15, 0.2) is 0 Å². The zero-order chi connectivity index (χ0) is 12.3. The van der Waals surface area contributed by atoms with Crippen molar-refractivity contribution in [1.29, 1.82) is 0 Å². The number of anilines is 1. The Labute approximate surface area is 102 Å². The van der Waals surface area contributed by atoms with Crippen LogP contribution in [0.5, 0.6) is 0 Å². The Morgan fingerprint density at radius 3 is 2.71 bits per heavy atom. The first-order valence-electron chi connectivity index (χ1n) is 6.11. The highest BCUT2D eigenvalue weighted by Gasteiger charge is 2.20. The molecule has 4 nitrogen and oxygen atoms in total. The summed E-state index contributed by atoms with van der Waals surface area (Å²) in [4.78, 5) is 17.8. The summed E-state index contributed by atoms with van der Waals surface area (Å²) < 4.78 is 0. The maximum Gasteiger partial charge on any atom is 0.217 e. The minimum Gasteiger partial charge on any atom is -0.356 e. The highest BCUT2D eigenvalue weighted by molar-refractivity contribution is 5.73. The number of piperidine rings is 1. The topological polar surface area (TPSA) is 45.2 Å². The average Bonchev–Trinajstić information content (AvgIpc) is 2.29. The highest BCUT2D eigenvalue weighted by atomic mass is 16.1. The molecule has 0 unspecified atom stereocenters. The van der Waals surface area contributed by atoms with Crippen LogP contribution >= 0.6 is 0 Å². The minimum atomic E-state index is 0.0668. The standard InChI is InChI=1S/C13H19N3O/c1-10-4-3-5-13(14-10)16-8-6-12(7-9-16)15-11(2)17/h3-5,12H,6-9H2,1-2H3,(H,15,17). The van der Waals surface area contributed by atoms with Crippen molar-refractivity contribution in [3.8, 4) is 0 Å². The number of amides is 1. The Bertz CT molecular complexity index is 397. The number of hydrogen-bond donors (Lipinski definition) is 1. The molecule has 92 valence electrons. The third-order valence-electron chi connectivity index (χ3n) is 3.10. The Morgan fingerprint density at radius 1 is 1.41 bits per heavy atom. The lowest BCUT2D eigenvalue weighted by molar-refractivity contribution is -0.119. The fraction of sp³-hybridized carbons (Fsp3) is 0.538. The van der Waals surface area contributed by atoms with Gasteiger partial charge in [-0.3, -0.25) is 4.79 Å². The molecule has 0 spiro atoms. The molecule has 2 rings (SSSR count). The molecule has 0 radical (unpaired) electrons. The van der Waals surface area contributed by atoms with E-state index in [1.54, 1.807) is 6.92 Å². The monoisotopic (exact) mass is 233 g/mol. The molecule has 1 aliphatic rings. The maximum absolute atomic E-state index is 11.0. The lowest BCUT2D eigenvalue weighted by Crippen LogP contribution is -2.44. The SMILES string of the molecule is CC(=O)NC1CCN(c2cccc(C)n2)CC1. The molecule has 0 aromatic carbocycles. The third-order valence-corrected chi connectivity index (χ3v) is 3.10. The summed E-state index contributed by atoms with van der Waals surface area (Å²) in [5.41, 5.74) is 1.05. The van der Waals surface area contributed by atoms with E-state index >= 15 is 0 Å². The molecule has 1 fully saturated rings. The van der Waals surface area contributed by atoms with Crippen LogP contribution in [0.4, 0.5) is 5.82 Å². The van der Waals surface area contributed by atoms with Crippen LogP contribution in [0.2, 0.25) is 0 Å². The summed E-state index contributed by atoms with van der Waals surface area (Å²) in [6, 6.07) is 6.42. The number of rotatable bonds is 2. The minimum absolute atomic E-state index is 0.0668. The summed E-state index contributed by atoms with van der Waals surface area (Å²) in [5.74, 6) is 1.11. The summed E-state index contributed by atoms with van der Waals surface area (Å²) in [5, 5.41) is 2.98. The van der Waals surface area contributed by atoms with Crippen molar-refractivity contribution >= 4 is 11.7 Å². The van der Waals surface area contributed by atoms with Crippen LogP contribution in [0.15, 0.2) is 18.2 Å². The van der Waals surface area contributed by atoms with Gasteiger partial charge in [0, 0.05) is 31.7 Å². The zero-order valence-corrected chi connectivity index (χ0v) is 10.4. The average molecular weight is 233 g/mol. The number of nitrogens with zero attached hydrogens (tertiary/aromatic N) is 2. The van der Waals surface area contributed by atoms with Gasteiger partial charge in [-0.05, 0) is 31.9 Å². The molecular weight excluding hydrogens is 214 g/mol. The summed E-state index contributed by atoms with van der Waals surface area (Å²) in [6.07, 6.45) is 1.99. The van der Waals surface area contributed by atoms with Gasteiger partial charge in [-0.25, -0.2) is 4.98 Å². The maximum atomic E-state index is 11.0. The van der Waals surface area contributed by atoms with Crippen LogP contribution in [-0.2, 0) is 4.79 Å². The molecule has 0 saturated carbocycles. The van der Waals surface area contributed by atoms with E-state index in [0.29, 0.717) is 6.04 Å². The Balaban J connectivity index is 1.93. The van der Waals surface area contributed by atoms with Crippen molar-refractivity contribution in [2.45, 2.75) is 32.7 Å². The van der Waals surface area contributed by atoms with Crippen molar-refractivity contribution in [3.63, 3.8) is 0 Å². The lowest BCUT2D eigenvalue weighted by Gasteiger charge is -2.33. The van der Waals surface area contributed by atoms with Crippen LogP contribution in [0.3, 0.4) is 0 Å². The van der Waals surface area contributed by atoms with Crippen LogP contribution in [0.1, 0.15) is 25.5 Å². The van der Waals surface area contributed by atoms with E-state index in [-0.39, 0.29) is 5.91 Å². The van der Waals surface area contributed by atoms with Crippen LogP contribution in [0, 0.1) is 6.92 Å². The quantitative estimate of drug-likeness (QED) is 0.842. The Kier molecular flexibility index (Phi) is 3.61. The van der Waals surface area contributed by atoms with E-state index in [9.17, 15) is 4.79 Å². The smallest absolute Gasteiger partial charge is 0.217 e. The normalized spacial score (nSPS) is 16.9. The van der Waals surface area contributed by atoms with E-state index in [0.717, 1.165) is 37.4 Å². The summed E-state index contributed by atoms with van der Waals surface area (Å²) in [7, 11) is 0. The number of hydrogen-bond acceptors (Lipinski definition) is 3. The second-order valence-electron chi connectivity index (χ2n) is 4.60. The molecule has 1 N–H and O–H groups in total. The number of carbonyl (C=O) groups is 1. The van der Waals surface area contributed by atoms with Gasteiger partial charge in [-0.15, -0.1) is 0 Å². The van der Waals surface area contributed by atoms with Crippen molar-refractivity contribution in [2.24, 2.45) is 0 Å². The highest BCUT2D eigenvalue weighted by Crippen LogP contribution is 2.17. The first kappa shape index (κ1) is 11.9. The Hall–Kier alpha value is -1.58. The van der Waals surface area contributed by atoms with Crippen LogP contribution < -0.4 is 10.2 Å². The molecule has 1 amide bonds. The summed E-state index contributed by atoms with van der Waals surface area (Å²) >= 11 is 0. The summed E-state index contributed by atoms with van der Waals surface area (Å²) in [6.45, 7) is 5.50. The number of aryl methyl sites for hydroxylation is 1. The van der Waals surface area contributed by atoms with Crippen molar-refractivity contribution in [2.75, 3.05) is 18.0 Å². The molecule has 1 aromatic heterocycles. The van der Waals surface area contributed by atoms with E-state index < -0.39 is 0 Å². The first-order chi connectivity index (χ1) is 8.15. The van der Waals surface area contributed by atoms with Crippen molar-refractivity contribution < 1.29 is 4.79 Å². The predicted octanol–water partition coefficient (Wildman–Crippen LogP) is 1.49. The molecule has 0 atom stereocenters. The number of aromatic nitrogens is 1. The largest absolute Gasteiger partial charge is 0.356 e. The molecule has 0 bridgehead atoms. The van der Waals surface area contributed by atoms with Gasteiger partial charge in [0.05, 0.1) is 0 Å². The number of pyridine rings is 1. The molecule has 1 aromatic rings. The van der Waals surface area contributed by atoms with Crippen LogP contribution in [-0.4, -0.2) is 30.0 Å². The number of nitrogens with one attached hydrogen (secondary N) is 1. The third kappa shape index (κ3) is 3.19. The van der Waals surface area contributed by atoms with Gasteiger partial charge in [0.25, 0.3) is 0 Å². The van der Waals surface area contributed by atoms with Crippen molar-refractivity contribution in [1.82, 2.24) is 10.3 Å². The molecule has 17 heavy (non-hydrogen) atoms. The lowest BCUT2D eigenvalue weighted by atomic mass is 10.1. The molecular formula is C13H19N3O. The predicted molar refractivity (Wildman–Crippen MR) is 68.0 cm³/mol. The van der Waals surface area contributed by atoms with Gasteiger partial charge < -0.3 is 10.2 Å².